The van der Waals surface area contributed by atoms with E-state index in [-0.39, 0.29) is 11.8 Å². The molecule has 0 aliphatic rings. The lowest BCUT2D eigenvalue weighted by Crippen LogP contribution is -2.25. The van der Waals surface area contributed by atoms with Crippen molar-refractivity contribution in [3.8, 4) is 17.2 Å². The Morgan fingerprint density at radius 3 is 2.23 bits per heavy atom. The summed E-state index contributed by atoms with van der Waals surface area (Å²) < 4.78 is 17.9. The number of nitrogens with zero attached hydrogens (tertiary/aromatic N) is 2. The highest BCUT2D eigenvalue weighted by Gasteiger charge is 2.19. The molecule has 9 nitrogen and oxygen atoms in total. The molecular weight excluding hydrogens is 536 g/mol. The Labute approximate surface area is 216 Å². The van der Waals surface area contributed by atoms with Gasteiger partial charge in [-0.3, -0.25) is 14.9 Å². The van der Waals surface area contributed by atoms with Gasteiger partial charge >= 0.3 is 0 Å². The van der Waals surface area contributed by atoms with Crippen molar-refractivity contribution in [1.29, 1.82) is 0 Å². The normalized spacial score (nSPS) is 10.5. The van der Waals surface area contributed by atoms with Crippen LogP contribution >= 0.6 is 27.3 Å². The number of hydrogen-bond donors (Lipinski definition) is 2. The average Bonchev–Trinajstić information content (AvgIpc) is 3.28. The number of ether oxygens (including phenoxy) is 3. The molecule has 0 spiro atoms. The summed E-state index contributed by atoms with van der Waals surface area (Å²) in [5.74, 6) is 0.792. The van der Waals surface area contributed by atoms with Crippen LogP contribution in [0.25, 0.3) is 0 Å². The summed E-state index contributed by atoms with van der Waals surface area (Å²) in [6.07, 6.45) is 0.485. The molecule has 11 heteroatoms. The van der Waals surface area contributed by atoms with E-state index in [1.54, 1.807) is 30.3 Å². The van der Waals surface area contributed by atoms with Crippen molar-refractivity contribution in [1.82, 2.24) is 15.5 Å². The smallest absolute Gasteiger partial charge is 0.257 e. The van der Waals surface area contributed by atoms with Crippen LogP contribution in [0.4, 0.5) is 5.13 Å². The minimum Gasteiger partial charge on any atom is -0.490 e. The van der Waals surface area contributed by atoms with Crippen LogP contribution < -0.4 is 24.8 Å². The fraction of sp³-hybridized carbons (Fsp3) is 0.333. The zero-order valence-corrected chi connectivity index (χ0v) is 22.1. The molecule has 1 aromatic heterocycles. The maximum absolute atomic E-state index is 12.9. The van der Waals surface area contributed by atoms with Crippen molar-refractivity contribution in [2.75, 3.05) is 31.7 Å². The molecule has 1 heterocycles. The minimum atomic E-state index is -0.374. The fourth-order valence-corrected chi connectivity index (χ4v) is 4.24. The van der Waals surface area contributed by atoms with Gasteiger partial charge in [0.1, 0.15) is 5.01 Å². The van der Waals surface area contributed by atoms with Crippen LogP contribution in [0.15, 0.2) is 40.9 Å². The molecule has 2 N–H and O–H groups in total. The van der Waals surface area contributed by atoms with Crippen molar-refractivity contribution in [3.05, 3.63) is 57.0 Å². The van der Waals surface area contributed by atoms with Gasteiger partial charge in [0.05, 0.1) is 19.8 Å². The Morgan fingerprint density at radius 1 is 0.914 bits per heavy atom. The third-order valence-electron chi connectivity index (χ3n) is 4.57. The summed E-state index contributed by atoms with van der Waals surface area (Å²) in [4.78, 5) is 25.2. The quantitative estimate of drug-likeness (QED) is 0.328. The summed E-state index contributed by atoms with van der Waals surface area (Å²) >= 11 is 4.60. The topological polar surface area (TPSA) is 112 Å². The molecule has 186 valence electrons. The van der Waals surface area contributed by atoms with E-state index in [1.807, 2.05) is 26.8 Å². The van der Waals surface area contributed by atoms with Crippen LogP contribution in [-0.2, 0) is 6.42 Å². The van der Waals surface area contributed by atoms with Gasteiger partial charge in [-0.1, -0.05) is 33.3 Å². The number of anilines is 1. The molecule has 0 unspecified atom stereocenters. The highest BCUT2D eigenvalue weighted by Crippen LogP contribution is 2.39. The van der Waals surface area contributed by atoms with Crippen LogP contribution in [-0.4, -0.2) is 48.4 Å². The predicted octanol–water partition coefficient (Wildman–Crippen LogP) is 4.72. The molecule has 0 bridgehead atoms. The van der Waals surface area contributed by atoms with Crippen molar-refractivity contribution in [2.24, 2.45) is 0 Å². The molecule has 3 rings (SSSR count). The zero-order valence-electron chi connectivity index (χ0n) is 19.7. The standard InChI is InChI=1S/C24H27BrN4O5S/c1-4-32-18-13-16(14-19(33-5-2)21(18)34-6-3)23(31)27-24-29-28-20(35-24)10-11-26-22(30)15-8-7-9-17(25)12-15/h7-9,12-14H,4-6,10-11H2,1-3H3,(H,26,30)(H,27,29,31). The van der Waals surface area contributed by atoms with Crippen molar-refractivity contribution >= 4 is 44.2 Å². The number of nitrogens with one attached hydrogen (secondary N) is 2. The van der Waals surface area contributed by atoms with E-state index in [9.17, 15) is 9.59 Å². The first kappa shape index (κ1) is 26.4. The summed E-state index contributed by atoms with van der Waals surface area (Å²) in [6.45, 7) is 7.22. The third kappa shape index (κ3) is 7.40. The number of amides is 2. The van der Waals surface area contributed by atoms with E-state index in [1.165, 1.54) is 11.3 Å². The maximum atomic E-state index is 12.9. The predicted molar refractivity (Wildman–Crippen MR) is 138 cm³/mol. The fourth-order valence-electron chi connectivity index (χ4n) is 3.11. The summed E-state index contributed by atoms with van der Waals surface area (Å²) in [5.41, 5.74) is 0.913. The number of aromatic nitrogens is 2. The highest BCUT2D eigenvalue weighted by molar-refractivity contribution is 9.10. The molecule has 0 saturated carbocycles. The summed E-state index contributed by atoms with van der Waals surface area (Å²) in [6, 6.07) is 10.4. The van der Waals surface area contributed by atoms with Crippen molar-refractivity contribution in [3.63, 3.8) is 0 Å². The largest absolute Gasteiger partial charge is 0.490 e. The van der Waals surface area contributed by atoms with E-state index in [2.05, 4.69) is 36.8 Å². The zero-order chi connectivity index (χ0) is 25.2. The molecule has 0 atom stereocenters. The Kier molecular flexibility index (Phi) is 9.86. The molecule has 2 amide bonds. The number of rotatable bonds is 12. The molecule has 0 saturated heterocycles. The second-order valence-corrected chi connectivity index (χ2v) is 9.05. The Hall–Kier alpha value is -3.18. The second kappa shape index (κ2) is 13.1. The van der Waals surface area contributed by atoms with Gasteiger partial charge in [0, 0.05) is 28.6 Å². The van der Waals surface area contributed by atoms with Gasteiger partial charge in [-0.25, -0.2) is 0 Å². The number of halogens is 1. The van der Waals surface area contributed by atoms with Gasteiger partial charge in [0.25, 0.3) is 11.8 Å². The van der Waals surface area contributed by atoms with Gasteiger partial charge in [0.15, 0.2) is 11.5 Å². The molecular formula is C24H27BrN4O5S. The minimum absolute atomic E-state index is 0.171. The molecule has 0 aliphatic carbocycles. The lowest BCUT2D eigenvalue weighted by Gasteiger charge is -2.16. The SMILES string of the molecule is CCOc1cc(C(=O)Nc2nnc(CCNC(=O)c3cccc(Br)c3)s2)cc(OCC)c1OCC. The first-order chi connectivity index (χ1) is 16.9. The van der Waals surface area contributed by atoms with Gasteiger partial charge in [-0.15, -0.1) is 10.2 Å². The van der Waals surface area contributed by atoms with Crippen LogP contribution in [0.1, 0.15) is 46.5 Å². The lowest BCUT2D eigenvalue weighted by atomic mass is 10.1. The van der Waals surface area contributed by atoms with E-state index in [4.69, 9.17) is 14.2 Å². The summed E-state index contributed by atoms with van der Waals surface area (Å²) in [5, 5.41) is 14.8. The first-order valence-corrected chi connectivity index (χ1v) is 12.8. The number of carbonyl (C=O) groups excluding carboxylic acids is 2. The van der Waals surface area contributed by atoms with Crippen molar-refractivity contribution in [2.45, 2.75) is 27.2 Å². The Balaban J connectivity index is 1.63. The molecule has 0 aliphatic heterocycles. The lowest BCUT2D eigenvalue weighted by molar-refractivity contribution is 0.0953. The molecule has 0 fully saturated rings. The van der Waals surface area contributed by atoms with Crippen LogP contribution in [0, 0.1) is 0 Å². The number of hydrogen-bond acceptors (Lipinski definition) is 8. The molecule has 3 aromatic rings. The van der Waals surface area contributed by atoms with E-state index >= 15 is 0 Å². The van der Waals surface area contributed by atoms with Crippen LogP contribution in [0.2, 0.25) is 0 Å². The average molecular weight is 563 g/mol. The number of carbonyl (C=O) groups is 2. The van der Waals surface area contributed by atoms with Crippen molar-refractivity contribution < 1.29 is 23.8 Å². The third-order valence-corrected chi connectivity index (χ3v) is 5.96. The van der Waals surface area contributed by atoms with Gasteiger partial charge < -0.3 is 19.5 Å². The van der Waals surface area contributed by atoms with E-state index in [0.29, 0.717) is 71.3 Å². The van der Waals surface area contributed by atoms with E-state index in [0.717, 1.165) is 4.47 Å². The summed E-state index contributed by atoms with van der Waals surface area (Å²) in [7, 11) is 0. The first-order valence-electron chi connectivity index (χ1n) is 11.2. The molecule has 35 heavy (non-hydrogen) atoms. The second-order valence-electron chi connectivity index (χ2n) is 7.07. The Morgan fingerprint density at radius 2 is 1.60 bits per heavy atom. The van der Waals surface area contributed by atoms with E-state index < -0.39 is 0 Å². The number of benzene rings is 2. The van der Waals surface area contributed by atoms with Gasteiger partial charge in [-0.05, 0) is 51.1 Å². The van der Waals surface area contributed by atoms with Crippen LogP contribution in [0.5, 0.6) is 17.2 Å². The van der Waals surface area contributed by atoms with Gasteiger partial charge in [0.2, 0.25) is 10.9 Å². The van der Waals surface area contributed by atoms with Gasteiger partial charge in [-0.2, -0.15) is 0 Å². The molecule has 0 radical (unpaired) electrons. The Bertz CT molecular complexity index is 1140. The monoisotopic (exact) mass is 562 g/mol. The maximum Gasteiger partial charge on any atom is 0.257 e. The molecule has 2 aromatic carbocycles. The highest BCUT2D eigenvalue weighted by atomic mass is 79.9. The van der Waals surface area contributed by atoms with Crippen LogP contribution in [0.3, 0.4) is 0 Å².